The first-order valence-corrected chi connectivity index (χ1v) is 9.40. The van der Waals surface area contributed by atoms with E-state index in [-0.39, 0.29) is 12.4 Å². The largest absolute Gasteiger partial charge is 0.282 e. The molecule has 0 radical (unpaired) electrons. The fourth-order valence-corrected chi connectivity index (χ4v) is 4.66. The zero-order valence-electron chi connectivity index (χ0n) is 13.7. The molecule has 6 heteroatoms. The first-order chi connectivity index (χ1) is 11.4. The van der Waals surface area contributed by atoms with Gasteiger partial charge in [-0.25, -0.2) is 4.39 Å². The Labute approximate surface area is 142 Å². The van der Waals surface area contributed by atoms with Crippen LogP contribution in [0.2, 0.25) is 0 Å². The molecule has 2 aromatic carbocycles. The number of nitrogens with zero attached hydrogens (tertiary/aromatic N) is 2. The third-order valence-electron chi connectivity index (χ3n) is 4.16. The monoisotopic (exact) mass is 348 g/mol. The molecule has 0 unspecified atom stereocenters. The van der Waals surface area contributed by atoms with Crippen molar-refractivity contribution in [2.24, 2.45) is 0 Å². The van der Waals surface area contributed by atoms with Gasteiger partial charge in [-0.15, -0.1) is 0 Å². The minimum absolute atomic E-state index is 0.199. The normalized spacial score (nSPS) is 18.6. The molecule has 1 aliphatic rings. The van der Waals surface area contributed by atoms with Gasteiger partial charge in [0.05, 0.1) is 0 Å². The summed E-state index contributed by atoms with van der Waals surface area (Å²) in [5.74, 6) is -0.349. The van der Waals surface area contributed by atoms with Gasteiger partial charge in [0.15, 0.2) is 0 Å². The summed E-state index contributed by atoms with van der Waals surface area (Å²) in [5, 5.41) is 0. The molecule has 0 N–H and O–H groups in total. The topological polar surface area (TPSA) is 40.6 Å². The molecule has 0 saturated carbocycles. The van der Waals surface area contributed by atoms with Crippen LogP contribution >= 0.6 is 0 Å². The van der Waals surface area contributed by atoms with E-state index in [2.05, 4.69) is 0 Å². The summed E-state index contributed by atoms with van der Waals surface area (Å²) in [6, 6.07) is 14.0. The van der Waals surface area contributed by atoms with E-state index in [0.717, 1.165) is 17.5 Å². The molecule has 128 valence electrons. The highest BCUT2D eigenvalue weighted by Gasteiger charge is 2.33. The van der Waals surface area contributed by atoms with Crippen LogP contribution in [0.15, 0.2) is 48.5 Å². The third kappa shape index (κ3) is 3.83. The quantitative estimate of drug-likeness (QED) is 0.852. The molecule has 0 amide bonds. The molecule has 2 aromatic rings. The van der Waals surface area contributed by atoms with Gasteiger partial charge in [-0.05, 0) is 36.6 Å². The van der Waals surface area contributed by atoms with Crippen LogP contribution in [0.5, 0.6) is 0 Å². The maximum Gasteiger partial charge on any atom is 0.282 e. The van der Waals surface area contributed by atoms with E-state index < -0.39 is 10.2 Å². The van der Waals surface area contributed by atoms with E-state index in [4.69, 9.17) is 0 Å². The van der Waals surface area contributed by atoms with Crippen LogP contribution in [0, 0.1) is 12.7 Å². The standard InChI is InChI=1S/C18H21FN2O2S/c1-15-5-2-6-16(11-15)13-20-9-4-10-21(24(20,22)23)14-17-7-3-8-18(19)12-17/h2-3,5-8,11-12H,4,9-10,13-14H2,1H3. The molecular formula is C18H21FN2O2S. The molecule has 1 fully saturated rings. The van der Waals surface area contributed by atoms with Gasteiger partial charge in [-0.3, -0.25) is 0 Å². The van der Waals surface area contributed by atoms with Crippen molar-refractivity contribution in [1.82, 2.24) is 8.61 Å². The maximum atomic E-state index is 13.3. The molecule has 4 nitrogen and oxygen atoms in total. The van der Waals surface area contributed by atoms with Crippen LogP contribution in [-0.2, 0) is 23.3 Å². The Morgan fingerprint density at radius 2 is 1.54 bits per heavy atom. The maximum absolute atomic E-state index is 13.3. The van der Waals surface area contributed by atoms with Gasteiger partial charge in [0.1, 0.15) is 5.82 Å². The van der Waals surface area contributed by atoms with E-state index >= 15 is 0 Å². The Morgan fingerprint density at radius 1 is 0.958 bits per heavy atom. The van der Waals surface area contributed by atoms with Gasteiger partial charge < -0.3 is 0 Å². The Bertz CT molecular complexity index is 762. The highest BCUT2D eigenvalue weighted by molar-refractivity contribution is 7.86. The molecule has 1 aliphatic heterocycles. The van der Waals surface area contributed by atoms with Crippen LogP contribution in [0.25, 0.3) is 0 Å². The number of rotatable bonds is 4. The first kappa shape index (κ1) is 17.1. The highest BCUT2D eigenvalue weighted by atomic mass is 32.2. The number of hydrogen-bond acceptors (Lipinski definition) is 2. The number of hydrogen-bond donors (Lipinski definition) is 0. The first-order valence-electron chi connectivity index (χ1n) is 8.00. The summed E-state index contributed by atoms with van der Waals surface area (Å²) in [7, 11) is -3.54. The fourth-order valence-electron chi connectivity index (χ4n) is 2.99. The van der Waals surface area contributed by atoms with E-state index in [1.165, 1.54) is 20.7 Å². The Balaban J connectivity index is 1.78. The molecule has 0 atom stereocenters. The lowest BCUT2D eigenvalue weighted by molar-refractivity contribution is 0.276. The zero-order chi connectivity index (χ0) is 17.2. The summed E-state index contributed by atoms with van der Waals surface area (Å²) < 4.78 is 42.0. The van der Waals surface area contributed by atoms with Gasteiger partial charge in [0.2, 0.25) is 0 Å². The van der Waals surface area contributed by atoms with Crippen LogP contribution in [-0.4, -0.2) is 30.1 Å². The SMILES string of the molecule is Cc1cccc(CN2CCCN(Cc3cccc(F)c3)S2(=O)=O)c1. The lowest BCUT2D eigenvalue weighted by Gasteiger charge is -2.34. The van der Waals surface area contributed by atoms with Crippen molar-refractivity contribution in [3.05, 3.63) is 71.0 Å². The molecule has 0 aromatic heterocycles. The minimum atomic E-state index is -3.54. The fraction of sp³-hybridized carbons (Fsp3) is 0.333. The highest BCUT2D eigenvalue weighted by Crippen LogP contribution is 2.22. The Morgan fingerprint density at radius 3 is 2.12 bits per heavy atom. The van der Waals surface area contributed by atoms with E-state index in [0.29, 0.717) is 25.2 Å². The molecule has 24 heavy (non-hydrogen) atoms. The second-order valence-electron chi connectivity index (χ2n) is 6.15. The van der Waals surface area contributed by atoms with Crippen LogP contribution in [0.3, 0.4) is 0 Å². The second-order valence-corrected chi connectivity index (χ2v) is 8.08. The van der Waals surface area contributed by atoms with Crippen molar-refractivity contribution < 1.29 is 12.8 Å². The van der Waals surface area contributed by atoms with E-state index in [1.54, 1.807) is 12.1 Å². The number of halogens is 1. The third-order valence-corrected chi connectivity index (χ3v) is 6.09. The van der Waals surface area contributed by atoms with Crippen molar-refractivity contribution in [2.75, 3.05) is 13.1 Å². The predicted octanol–water partition coefficient (Wildman–Crippen LogP) is 3.09. The van der Waals surface area contributed by atoms with Crippen molar-refractivity contribution in [3.63, 3.8) is 0 Å². The zero-order valence-corrected chi connectivity index (χ0v) is 14.5. The predicted molar refractivity (Wildman–Crippen MR) is 91.9 cm³/mol. The summed E-state index contributed by atoms with van der Waals surface area (Å²) >= 11 is 0. The molecule has 1 heterocycles. The minimum Gasteiger partial charge on any atom is -0.207 e. The van der Waals surface area contributed by atoms with Gasteiger partial charge in [-0.2, -0.15) is 17.0 Å². The molecule has 0 spiro atoms. The van der Waals surface area contributed by atoms with Crippen molar-refractivity contribution in [1.29, 1.82) is 0 Å². The molecule has 3 rings (SSSR count). The number of benzene rings is 2. The van der Waals surface area contributed by atoms with Gasteiger partial charge in [0, 0.05) is 26.2 Å². The molecule has 0 aliphatic carbocycles. The molecule has 1 saturated heterocycles. The summed E-state index contributed by atoms with van der Waals surface area (Å²) in [6.45, 7) is 3.53. The van der Waals surface area contributed by atoms with Crippen molar-refractivity contribution >= 4 is 10.2 Å². The Hall–Kier alpha value is -1.76. The summed E-state index contributed by atoms with van der Waals surface area (Å²) in [5.41, 5.74) is 2.75. The second kappa shape index (κ2) is 7.01. The molecule has 0 bridgehead atoms. The van der Waals surface area contributed by atoms with Crippen molar-refractivity contribution in [3.8, 4) is 0 Å². The van der Waals surface area contributed by atoms with E-state index in [1.807, 2.05) is 31.2 Å². The van der Waals surface area contributed by atoms with Crippen LogP contribution in [0.4, 0.5) is 4.39 Å². The van der Waals surface area contributed by atoms with Crippen LogP contribution in [0.1, 0.15) is 23.1 Å². The lowest BCUT2D eigenvalue weighted by atomic mass is 10.1. The van der Waals surface area contributed by atoms with Crippen molar-refractivity contribution in [2.45, 2.75) is 26.4 Å². The average molecular weight is 348 g/mol. The lowest BCUT2D eigenvalue weighted by Crippen LogP contribution is -2.48. The van der Waals surface area contributed by atoms with Gasteiger partial charge >= 0.3 is 0 Å². The van der Waals surface area contributed by atoms with Gasteiger partial charge in [-0.1, -0.05) is 42.0 Å². The molecular weight excluding hydrogens is 327 g/mol. The number of aryl methyl sites for hydroxylation is 1. The van der Waals surface area contributed by atoms with Gasteiger partial charge in [0.25, 0.3) is 10.2 Å². The summed E-state index contributed by atoms with van der Waals surface area (Å²) in [4.78, 5) is 0. The van der Waals surface area contributed by atoms with Crippen LogP contribution < -0.4 is 0 Å². The Kier molecular flexibility index (Phi) is 4.99. The van der Waals surface area contributed by atoms with E-state index in [9.17, 15) is 12.8 Å². The average Bonchev–Trinajstić information content (AvgIpc) is 2.52. The summed E-state index contributed by atoms with van der Waals surface area (Å²) in [6.07, 6.45) is 0.764. The smallest absolute Gasteiger partial charge is 0.207 e.